The minimum Gasteiger partial charge on any atom is -0.477 e. The fourth-order valence-electron chi connectivity index (χ4n) is 1.74. The summed E-state index contributed by atoms with van der Waals surface area (Å²) in [6.07, 6.45) is -3.11. The van der Waals surface area contributed by atoms with Crippen molar-refractivity contribution in [3.05, 3.63) is 0 Å². The molecule has 0 unspecified atom stereocenters. The molecule has 4 atom stereocenters. The number of hydrogen-bond donors (Lipinski definition) is 5. The highest BCUT2D eigenvalue weighted by Gasteiger charge is 2.50. The number of carbonyl (C=O) groups excluding carboxylic acids is 1. The van der Waals surface area contributed by atoms with Gasteiger partial charge in [-0.3, -0.25) is 4.79 Å². The predicted octanol–water partition coefficient (Wildman–Crippen LogP) is -2.59. The number of aliphatic hydroxyl groups excluding tert-OH is 2. The van der Waals surface area contributed by atoms with Crippen LogP contribution in [0.5, 0.6) is 0 Å². The zero-order valence-corrected chi connectivity index (χ0v) is 9.16. The van der Waals surface area contributed by atoms with Gasteiger partial charge < -0.3 is 30.5 Å². The van der Waals surface area contributed by atoms with Crippen molar-refractivity contribution in [1.29, 1.82) is 0 Å². The van der Waals surface area contributed by atoms with Gasteiger partial charge >= 0.3 is 5.97 Å². The Morgan fingerprint density at radius 2 is 2.12 bits per heavy atom. The zero-order chi connectivity index (χ0) is 13.2. The second-order valence-electron chi connectivity index (χ2n) is 3.93. The molecule has 1 aliphatic rings. The van der Waals surface area contributed by atoms with E-state index in [0.717, 1.165) is 0 Å². The molecule has 5 N–H and O–H groups in total. The predicted molar refractivity (Wildman–Crippen MR) is 52.8 cm³/mol. The van der Waals surface area contributed by atoms with Crippen molar-refractivity contribution in [3.8, 4) is 0 Å². The van der Waals surface area contributed by atoms with Gasteiger partial charge in [-0.05, 0) is 0 Å². The third kappa shape index (κ3) is 2.91. The first kappa shape index (κ1) is 13.8. The number of carboxylic acid groups (broad SMARTS) is 1. The number of rotatable bonds is 3. The van der Waals surface area contributed by atoms with E-state index in [4.69, 9.17) is 14.9 Å². The molecule has 8 heteroatoms. The van der Waals surface area contributed by atoms with Gasteiger partial charge in [0.2, 0.25) is 5.91 Å². The second-order valence-corrected chi connectivity index (χ2v) is 3.93. The van der Waals surface area contributed by atoms with Crippen molar-refractivity contribution < 1.29 is 34.8 Å². The molecule has 1 amide bonds. The Balaban J connectivity index is 2.86. The van der Waals surface area contributed by atoms with E-state index in [1.165, 1.54) is 6.92 Å². The summed E-state index contributed by atoms with van der Waals surface area (Å²) in [5.74, 6) is -4.67. The van der Waals surface area contributed by atoms with E-state index in [0.29, 0.717) is 0 Å². The van der Waals surface area contributed by atoms with Gasteiger partial charge in [-0.15, -0.1) is 0 Å². The highest BCUT2D eigenvalue weighted by molar-refractivity contribution is 5.76. The van der Waals surface area contributed by atoms with E-state index < -0.39 is 48.9 Å². The van der Waals surface area contributed by atoms with E-state index >= 15 is 0 Å². The van der Waals surface area contributed by atoms with Crippen LogP contribution in [-0.4, -0.2) is 62.9 Å². The van der Waals surface area contributed by atoms with Gasteiger partial charge in [0.25, 0.3) is 5.79 Å². The smallest absolute Gasteiger partial charge is 0.364 e. The summed E-state index contributed by atoms with van der Waals surface area (Å²) in [4.78, 5) is 21.6. The average molecular weight is 249 g/mol. The maximum Gasteiger partial charge on any atom is 0.364 e. The molecule has 0 aromatic heterocycles. The topological polar surface area (TPSA) is 136 Å². The van der Waals surface area contributed by atoms with Crippen LogP contribution in [0, 0.1) is 0 Å². The molecule has 0 radical (unpaired) electrons. The fraction of sp³-hybridized carbons (Fsp3) is 0.778. The maximum atomic E-state index is 10.9. The van der Waals surface area contributed by atoms with Crippen molar-refractivity contribution in [3.63, 3.8) is 0 Å². The van der Waals surface area contributed by atoms with Crippen LogP contribution in [0.4, 0.5) is 0 Å². The molecule has 0 aliphatic carbocycles. The second kappa shape index (κ2) is 4.96. The summed E-state index contributed by atoms with van der Waals surface area (Å²) in [6.45, 7) is 0.566. The molecule has 0 bridgehead atoms. The Kier molecular flexibility index (Phi) is 4.04. The molecule has 0 saturated carbocycles. The van der Waals surface area contributed by atoms with E-state index in [2.05, 4.69) is 5.32 Å². The van der Waals surface area contributed by atoms with Gasteiger partial charge in [0.1, 0.15) is 6.10 Å². The van der Waals surface area contributed by atoms with Crippen molar-refractivity contribution in [2.45, 2.75) is 37.4 Å². The SMILES string of the molecule is CC(=O)N[C@H]1[C@H](O)C[C@](O)(C(=O)O)O[C@@H]1CO. The minimum atomic E-state index is -2.55. The summed E-state index contributed by atoms with van der Waals surface area (Å²) in [5, 5.41) is 39.3. The number of aliphatic hydroxyl groups is 3. The summed E-state index contributed by atoms with van der Waals surface area (Å²) < 4.78 is 4.80. The Morgan fingerprint density at radius 1 is 1.53 bits per heavy atom. The number of ether oxygens (including phenoxy) is 1. The minimum absolute atomic E-state index is 0.461. The zero-order valence-electron chi connectivity index (χ0n) is 9.16. The van der Waals surface area contributed by atoms with Gasteiger partial charge in [0.15, 0.2) is 0 Å². The van der Waals surface area contributed by atoms with E-state index in [1.807, 2.05) is 0 Å². The van der Waals surface area contributed by atoms with Crippen LogP contribution < -0.4 is 5.32 Å². The number of nitrogens with one attached hydrogen (secondary N) is 1. The van der Waals surface area contributed by atoms with Crippen molar-refractivity contribution in [2.24, 2.45) is 0 Å². The highest BCUT2D eigenvalue weighted by atomic mass is 16.7. The van der Waals surface area contributed by atoms with Crippen molar-refractivity contribution in [1.82, 2.24) is 5.32 Å². The van der Waals surface area contributed by atoms with E-state index in [1.54, 1.807) is 0 Å². The molecule has 1 heterocycles. The molecule has 1 fully saturated rings. The molecule has 0 aromatic carbocycles. The number of carbonyl (C=O) groups is 2. The summed E-state index contributed by atoms with van der Waals surface area (Å²) in [6, 6.07) is -0.961. The van der Waals surface area contributed by atoms with Crippen LogP contribution in [0.15, 0.2) is 0 Å². The van der Waals surface area contributed by atoms with Crippen LogP contribution >= 0.6 is 0 Å². The Bertz CT molecular complexity index is 320. The molecule has 0 spiro atoms. The number of hydrogen-bond acceptors (Lipinski definition) is 6. The first-order valence-electron chi connectivity index (χ1n) is 5.00. The van der Waals surface area contributed by atoms with Gasteiger partial charge in [-0.25, -0.2) is 4.79 Å². The summed E-state index contributed by atoms with van der Waals surface area (Å²) in [5.41, 5.74) is 0. The molecule has 1 rings (SSSR count). The molecule has 0 aromatic rings. The fourth-order valence-corrected chi connectivity index (χ4v) is 1.74. The van der Waals surface area contributed by atoms with Crippen LogP contribution in [0.3, 0.4) is 0 Å². The van der Waals surface area contributed by atoms with Gasteiger partial charge in [-0.2, -0.15) is 0 Å². The van der Waals surface area contributed by atoms with Crippen LogP contribution in [0.25, 0.3) is 0 Å². The lowest BCUT2D eigenvalue weighted by atomic mass is 9.93. The van der Waals surface area contributed by atoms with E-state index in [9.17, 15) is 19.8 Å². The van der Waals surface area contributed by atoms with E-state index in [-0.39, 0.29) is 0 Å². The lowest BCUT2D eigenvalue weighted by molar-refractivity contribution is -0.280. The summed E-state index contributed by atoms with van der Waals surface area (Å²) >= 11 is 0. The molecule has 1 aliphatic heterocycles. The van der Waals surface area contributed by atoms with Gasteiger partial charge in [0, 0.05) is 13.3 Å². The van der Waals surface area contributed by atoms with Crippen molar-refractivity contribution >= 4 is 11.9 Å². The molecule has 8 nitrogen and oxygen atoms in total. The molecule has 98 valence electrons. The standard InChI is InChI=1S/C9H15NO7/c1-4(12)10-7-5(13)2-9(16,8(14)15)17-6(7)3-11/h5-7,11,13,16H,2-3H2,1H3,(H,10,12)(H,14,15)/t5-,6-,7+,9-/m1/s1. The largest absolute Gasteiger partial charge is 0.477 e. The Labute approximate surface area is 96.8 Å². The average Bonchev–Trinajstić information content (AvgIpc) is 2.21. The third-order valence-corrected chi connectivity index (χ3v) is 2.53. The van der Waals surface area contributed by atoms with Crippen LogP contribution in [0.2, 0.25) is 0 Å². The Morgan fingerprint density at radius 3 is 2.53 bits per heavy atom. The van der Waals surface area contributed by atoms with Gasteiger partial charge in [-0.1, -0.05) is 0 Å². The third-order valence-electron chi connectivity index (χ3n) is 2.53. The normalized spacial score (nSPS) is 37.5. The number of amides is 1. The lowest BCUT2D eigenvalue weighted by Crippen LogP contribution is -2.63. The molecular formula is C9H15NO7. The molecule has 1 saturated heterocycles. The monoisotopic (exact) mass is 249 g/mol. The lowest BCUT2D eigenvalue weighted by Gasteiger charge is -2.41. The first-order valence-corrected chi connectivity index (χ1v) is 5.00. The highest BCUT2D eigenvalue weighted by Crippen LogP contribution is 2.27. The maximum absolute atomic E-state index is 10.9. The Hall–Kier alpha value is -1.22. The summed E-state index contributed by atoms with van der Waals surface area (Å²) in [7, 11) is 0. The first-order chi connectivity index (χ1) is 7.80. The van der Waals surface area contributed by atoms with Crippen molar-refractivity contribution in [2.75, 3.05) is 6.61 Å². The van der Waals surface area contributed by atoms with Crippen LogP contribution in [-0.2, 0) is 14.3 Å². The quantitative estimate of drug-likeness (QED) is 0.370. The van der Waals surface area contributed by atoms with Gasteiger partial charge in [0.05, 0.1) is 18.8 Å². The molecule has 17 heavy (non-hydrogen) atoms. The number of carboxylic acids is 1. The van der Waals surface area contributed by atoms with Crippen LogP contribution in [0.1, 0.15) is 13.3 Å². The molecular weight excluding hydrogens is 234 g/mol. The number of aliphatic carboxylic acids is 1.